The van der Waals surface area contributed by atoms with Crippen molar-refractivity contribution < 1.29 is 19.4 Å². The second kappa shape index (κ2) is 5.30. The van der Waals surface area contributed by atoms with E-state index in [0.29, 0.717) is 13.2 Å². The number of carbonyl (C=O) groups excluding carboxylic acids is 1. The molecule has 4 nitrogen and oxygen atoms in total. The van der Waals surface area contributed by atoms with Crippen LogP contribution < -0.4 is 0 Å². The Morgan fingerprint density at radius 1 is 1.17 bits per heavy atom. The van der Waals surface area contributed by atoms with Gasteiger partial charge in [0, 0.05) is 0 Å². The smallest absolute Gasteiger partial charge is 0.205 e. The standard InChI is InChI=1S/C20H22O4/c1-19(2)10-11-23-20-16(4-3-5-17(19)20)18(22)15(12-24-20)13-6-8-14(21)9-7-13/h3-9,15-16,21H,10-12H2,1-2H3. The van der Waals surface area contributed by atoms with Crippen molar-refractivity contribution in [1.29, 1.82) is 0 Å². The van der Waals surface area contributed by atoms with Gasteiger partial charge in [-0.15, -0.1) is 0 Å². The van der Waals surface area contributed by atoms with Crippen LogP contribution in [-0.4, -0.2) is 29.9 Å². The number of hydrogen-bond acceptors (Lipinski definition) is 4. The van der Waals surface area contributed by atoms with Crippen LogP contribution >= 0.6 is 0 Å². The predicted octanol–water partition coefficient (Wildman–Crippen LogP) is 3.33. The first-order valence-corrected chi connectivity index (χ1v) is 8.44. The van der Waals surface area contributed by atoms with E-state index >= 15 is 0 Å². The first kappa shape index (κ1) is 15.6. The van der Waals surface area contributed by atoms with Crippen LogP contribution in [0.4, 0.5) is 0 Å². The number of allylic oxidation sites excluding steroid dienone is 2. The highest BCUT2D eigenvalue weighted by Crippen LogP contribution is 2.53. The van der Waals surface area contributed by atoms with Gasteiger partial charge in [-0.3, -0.25) is 4.79 Å². The Kier molecular flexibility index (Phi) is 3.44. The quantitative estimate of drug-likeness (QED) is 0.860. The number of phenolic OH excluding ortho intramolecular Hbond substituents is 1. The van der Waals surface area contributed by atoms with E-state index in [1.165, 1.54) is 0 Å². The molecule has 0 saturated carbocycles. The Morgan fingerprint density at radius 2 is 1.92 bits per heavy atom. The van der Waals surface area contributed by atoms with E-state index in [2.05, 4.69) is 13.8 Å². The Balaban J connectivity index is 1.70. The molecular weight excluding hydrogens is 304 g/mol. The summed E-state index contributed by atoms with van der Waals surface area (Å²) in [5.74, 6) is -1.39. The topological polar surface area (TPSA) is 55.8 Å². The summed E-state index contributed by atoms with van der Waals surface area (Å²) >= 11 is 0. The Bertz CT molecular complexity index is 729. The molecule has 0 amide bonds. The monoisotopic (exact) mass is 326 g/mol. The minimum atomic E-state index is -0.943. The van der Waals surface area contributed by atoms with Crippen molar-refractivity contribution in [1.82, 2.24) is 0 Å². The van der Waals surface area contributed by atoms with E-state index in [-0.39, 0.29) is 22.9 Å². The highest BCUT2D eigenvalue weighted by Gasteiger charge is 2.58. The van der Waals surface area contributed by atoms with Crippen molar-refractivity contribution in [3.8, 4) is 5.75 Å². The lowest BCUT2D eigenvalue weighted by Gasteiger charge is -2.53. The zero-order valence-electron chi connectivity index (χ0n) is 14.0. The number of phenols is 1. The molecule has 126 valence electrons. The lowest BCUT2D eigenvalue weighted by atomic mass is 9.66. The summed E-state index contributed by atoms with van der Waals surface area (Å²) in [6.07, 6.45) is 6.82. The molecule has 1 spiro atoms. The summed E-state index contributed by atoms with van der Waals surface area (Å²) < 4.78 is 12.3. The van der Waals surface area contributed by atoms with Gasteiger partial charge in [-0.1, -0.05) is 44.2 Å². The van der Waals surface area contributed by atoms with Crippen molar-refractivity contribution in [3.63, 3.8) is 0 Å². The number of Topliss-reactive ketones (excluding diaryl/α,β-unsaturated/α-hetero) is 1. The van der Waals surface area contributed by atoms with E-state index < -0.39 is 11.7 Å². The van der Waals surface area contributed by atoms with Gasteiger partial charge in [0.1, 0.15) is 5.75 Å². The van der Waals surface area contributed by atoms with Crippen molar-refractivity contribution in [2.75, 3.05) is 13.2 Å². The van der Waals surface area contributed by atoms with Crippen LogP contribution in [0.1, 0.15) is 31.7 Å². The van der Waals surface area contributed by atoms with Crippen LogP contribution in [0.2, 0.25) is 0 Å². The molecular formula is C20H22O4. The number of carbonyl (C=O) groups is 1. The summed E-state index contributed by atoms with van der Waals surface area (Å²) in [5.41, 5.74) is 1.88. The van der Waals surface area contributed by atoms with Crippen LogP contribution in [0.25, 0.3) is 0 Å². The fourth-order valence-electron chi connectivity index (χ4n) is 4.09. The maximum Gasteiger partial charge on any atom is 0.205 e. The van der Waals surface area contributed by atoms with E-state index in [1.54, 1.807) is 24.3 Å². The molecule has 1 aromatic carbocycles. The molecule has 0 bridgehead atoms. The Morgan fingerprint density at radius 3 is 2.67 bits per heavy atom. The number of benzene rings is 1. The van der Waals surface area contributed by atoms with Crippen molar-refractivity contribution in [2.45, 2.75) is 32.0 Å². The number of ether oxygens (including phenoxy) is 2. The van der Waals surface area contributed by atoms with Crippen LogP contribution in [0.3, 0.4) is 0 Å². The Hall–Kier alpha value is -1.91. The van der Waals surface area contributed by atoms with E-state index in [0.717, 1.165) is 17.6 Å². The molecule has 0 radical (unpaired) electrons. The van der Waals surface area contributed by atoms with Crippen molar-refractivity contribution in [2.24, 2.45) is 11.3 Å². The molecule has 24 heavy (non-hydrogen) atoms. The van der Waals surface area contributed by atoms with Gasteiger partial charge in [0.25, 0.3) is 0 Å². The molecule has 3 unspecified atom stereocenters. The SMILES string of the molecule is CC1(C)CCOC23OCC(c4ccc(O)cc4)C(=O)C2C=CC=C13. The van der Waals surface area contributed by atoms with E-state index in [4.69, 9.17) is 9.47 Å². The number of ketones is 1. The molecule has 4 rings (SSSR count). The van der Waals surface area contributed by atoms with Crippen LogP contribution in [0.5, 0.6) is 5.75 Å². The second-order valence-corrected chi connectivity index (χ2v) is 7.45. The summed E-state index contributed by atoms with van der Waals surface area (Å²) in [4.78, 5) is 13.2. The zero-order valence-corrected chi connectivity index (χ0v) is 14.0. The maximum absolute atomic E-state index is 13.2. The molecule has 2 saturated heterocycles. The molecule has 1 aliphatic carbocycles. The molecule has 1 N–H and O–H groups in total. The van der Waals surface area contributed by atoms with Crippen molar-refractivity contribution >= 4 is 5.78 Å². The van der Waals surface area contributed by atoms with Gasteiger partial charge in [0.05, 0.1) is 25.0 Å². The number of hydrogen-bond donors (Lipinski definition) is 1. The third-order valence-corrected chi connectivity index (χ3v) is 5.53. The largest absolute Gasteiger partial charge is 0.508 e. The van der Waals surface area contributed by atoms with Crippen LogP contribution in [-0.2, 0) is 14.3 Å². The third-order valence-electron chi connectivity index (χ3n) is 5.53. The second-order valence-electron chi connectivity index (χ2n) is 7.45. The normalized spacial score (nSPS) is 34.2. The fourth-order valence-corrected chi connectivity index (χ4v) is 4.09. The van der Waals surface area contributed by atoms with Crippen molar-refractivity contribution in [3.05, 3.63) is 53.6 Å². The van der Waals surface area contributed by atoms with Crippen LogP contribution in [0, 0.1) is 11.3 Å². The van der Waals surface area contributed by atoms with Gasteiger partial charge in [0.2, 0.25) is 5.79 Å². The number of rotatable bonds is 1. The third kappa shape index (κ3) is 2.17. The molecule has 2 fully saturated rings. The van der Waals surface area contributed by atoms with Gasteiger partial charge >= 0.3 is 0 Å². The lowest BCUT2D eigenvalue weighted by Crippen LogP contribution is -2.59. The molecule has 3 aliphatic rings. The van der Waals surface area contributed by atoms with E-state index in [9.17, 15) is 9.90 Å². The van der Waals surface area contributed by atoms with Gasteiger partial charge < -0.3 is 14.6 Å². The minimum absolute atomic E-state index is 0.0487. The Labute approximate surface area is 141 Å². The summed E-state index contributed by atoms with van der Waals surface area (Å²) in [6.45, 7) is 5.24. The average Bonchev–Trinajstić information content (AvgIpc) is 2.55. The lowest BCUT2D eigenvalue weighted by molar-refractivity contribution is -0.267. The van der Waals surface area contributed by atoms with Gasteiger partial charge in [-0.05, 0) is 35.1 Å². The van der Waals surface area contributed by atoms with Gasteiger partial charge in [-0.2, -0.15) is 0 Å². The molecule has 4 heteroatoms. The van der Waals surface area contributed by atoms with Gasteiger partial charge in [0.15, 0.2) is 5.78 Å². The molecule has 3 atom stereocenters. The van der Waals surface area contributed by atoms with E-state index in [1.807, 2.05) is 18.2 Å². The zero-order chi connectivity index (χ0) is 16.9. The molecule has 1 aromatic rings. The molecule has 2 heterocycles. The molecule has 0 aromatic heterocycles. The number of aromatic hydroxyl groups is 1. The summed E-state index contributed by atoms with van der Waals surface area (Å²) in [5, 5.41) is 9.46. The molecule has 2 aliphatic heterocycles. The van der Waals surface area contributed by atoms with Crippen LogP contribution in [0.15, 0.2) is 48.1 Å². The highest BCUT2D eigenvalue weighted by molar-refractivity contribution is 5.92. The maximum atomic E-state index is 13.2. The first-order chi connectivity index (χ1) is 11.4. The fraction of sp³-hybridized carbons (Fsp3) is 0.450. The summed E-state index contributed by atoms with van der Waals surface area (Å²) in [6, 6.07) is 6.78. The minimum Gasteiger partial charge on any atom is -0.508 e. The summed E-state index contributed by atoms with van der Waals surface area (Å²) in [7, 11) is 0. The highest BCUT2D eigenvalue weighted by atomic mass is 16.7. The first-order valence-electron chi connectivity index (χ1n) is 8.44. The predicted molar refractivity (Wildman–Crippen MR) is 89.6 cm³/mol. The average molecular weight is 326 g/mol. The van der Waals surface area contributed by atoms with Gasteiger partial charge in [-0.25, -0.2) is 0 Å².